The van der Waals surface area contributed by atoms with Crippen molar-refractivity contribution in [2.75, 3.05) is 0 Å². The van der Waals surface area contributed by atoms with Crippen molar-refractivity contribution >= 4 is 91.6 Å². The third-order valence-electron chi connectivity index (χ3n) is 11.5. The normalized spacial score (nSPS) is 16.0. The number of nitrogens with zero attached hydrogens (tertiary/aromatic N) is 1. The summed E-state index contributed by atoms with van der Waals surface area (Å²) in [6, 6.07) is 63.3. The van der Waals surface area contributed by atoms with E-state index in [1.165, 1.54) is 47.1 Å². The van der Waals surface area contributed by atoms with Crippen molar-refractivity contribution in [3.63, 3.8) is 0 Å². The molecule has 0 saturated carbocycles. The van der Waals surface area contributed by atoms with Crippen LogP contribution in [0.25, 0.3) is 85.6 Å². The summed E-state index contributed by atoms with van der Waals surface area (Å²) < 4.78 is 9.58. The molecule has 12 rings (SSSR count). The molecule has 4 nitrogen and oxygen atoms in total. The number of amidine groups is 1. The van der Waals surface area contributed by atoms with Gasteiger partial charge in [-0.1, -0.05) is 140 Å². The Kier molecular flexibility index (Phi) is 6.97. The molecule has 5 heteroatoms. The second kappa shape index (κ2) is 12.4. The molecule has 2 unspecified atom stereocenters. The lowest BCUT2D eigenvalue weighted by Crippen LogP contribution is -2.45. The molecule has 0 aliphatic carbocycles. The van der Waals surface area contributed by atoms with E-state index in [9.17, 15) is 0 Å². The van der Waals surface area contributed by atoms with Crippen molar-refractivity contribution in [2.24, 2.45) is 4.99 Å². The van der Waals surface area contributed by atoms with E-state index in [0.29, 0.717) is 0 Å². The van der Waals surface area contributed by atoms with E-state index < -0.39 is 0 Å². The molecule has 0 saturated heterocycles. The number of thiophene rings is 1. The van der Waals surface area contributed by atoms with Gasteiger partial charge in [0.1, 0.15) is 29.3 Å². The molecule has 1 aliphatic heterocycles. The molecule has 264 valence electrons. The summed E-state index contributed by atoms with van der Waals surface area (Å²) in [5, 5.41) is 19.8. The first-order valence-electron chi connectivity index (χ1n) is 19.1. The highest BCUT2D eigenvalue weighted by Crippen LogP contribution is 2.44. The predicted octanol–water partition coefficient (Wildman–Crippen LogP) is 13.4. The first-order valence-corrected chi connectivity index (χ1v) is 19.9. The average molecular weight is 736 g/mol. The number of furan rings is 1. The number of benzene rings is 9. The molecule has 3 heterocycles. The molecule has 9 aromatic carbocycles. The van der Waals surface area contributed by atoms with Crippen LogP contribution < -0.4 is 10.6 Å². The minimum absolute atomic E-state index is 0.275. The summed E-state index contributed by atoms with van der Waals surface area (Å²) in [7, 11) is 0. The molecule has 1 aliphatic rings. The summed E-state index contributed by atoms with van der Waals surface area (Å²) in [6.45, 7) is 0. The lowest BCUT2D eigenvalue weighted by atomic mass is 9.94. The van der Waals surface area contributed by atoms with Crippen LogP contribution in [0.3, 0.4) is 0 Å². The van der Waals surface area contributed by atoms with Gasteiger partial charge in [-0.05, 0) is 79.8 Å². The minimum atomic E-state index is -0.303. The number of fused-ring (bicyclic) bond motifs is 10. The van der Waals surface area contributed by atoms with Crippen LogP contribution in [0.2, 0.25) is 0 Å². The highest BCUT2D eigenvalue weighted by atomic mass is 32.1. The Morgan fingerprint density at radius 3 is 2.09 bits per heavy atom. The van der Waals surface area contributed by atoms with Gasteiger partial charge in [-0.3, -0.25) is 5.32 Å². The van der Waals surface area contributed by atoms with E-state index in [2.05, 4.69) is 187 Å². The molecule has 0 amide bonds. The Bertz CT molecular complexity index is 3400. The van der Waals surface area contributed by atoms with E-state index in [4.69, 9.17) is 9.41 Å². The zero-order valence-electron chi connectivity index (χ0n) is 30.2. The first kappa shape index (κ1) is 31.5. The molecule has 11 aromatic rings. The van der Waals surface area contributed by atoms with Crippen LogP contribution in [0.4, 0.5) is 0 Å². The summed E-state index contributed by atoms with van der Waals surface area (Å²) in [5.74, 6) is 0.850. The lowest BCUT2D eigenvalue weighted by Gasteiger charge is -2.32. The average Bonchev–Trinajstić information content (AvgIpc) is 3.83. The number of hydrogen-bond acceptors (Lipinski definition) is 5. The Labute approximate surface area is 326 Å². The van der Waals surface area contributed by atoms with Gasteiger partial charge in [-0.25, -0.2) is 4.99 Å². The highest BCUT2D eigenvalue weighted by Gasteiger charge is 2.29. The third-order valence-corrected chi connectivity index (χ3v) is 12.7. The van der Waals surface area contributed by atoms with Crippen molar-refractivity contribution < 1.29 is 4.42 Å². The molecule has 0 fully saturated rings. The van der Waals surface area contributed by atoms with Gasteiger partial charge >= 0.3 is 0 Å². The van der Waals surface area contributed by atoms with Gasteiger partial charge in [-0.15, -0.1) is 11.3 Å². The van der Waals surface area contributed by atoms with E-state index in [0.717, 1.165) is 61.0 Å². The summed E-state index contributed by atoms with van der Waals surface area (Å²) in [5.41, 5.74) is 7.24. The standard InChI is InChI=1S/C51H33N3OS/c1-2-11-32(12-3-1)49-52-50(36-21-20-31-19-18-30-10-6-7-15-37(30)41(31)28-36)54-51(53-49)40-24-23-38(35-22-25-46-42(27-35)39-16-8-9-17-45(39)56-46)48-47(40)43-26-33-13-4-5-14-34(33)29-44(43)55-48/h1-29,50-51,54H,(H,52,53). The van der Waals surface area contributed by atoms with Gasteiger partial charge in [0, 0.05) is 47.6 Å². The molecule has 0 bridgehead atoms. The van der Waals surface area contributed by atoms with Gasteiger partial charge < -0.3 is 9.73 Å². The largest absolute Gasteiger partial charge is 0.455 e. The zero-order chi connectivity index (χ0) is 36.7. The second-order valence-corrected chi connectivity index (χ2v) is 15.9. The fourth-order valence-corrected chi connectivity index (χ4v) is 9.86. The minimum Gasteiger partial charge on any atom is -0.455 e. The maximum absolute atomic E-state index is 6.99. The van der Waals surface area contributed by atoms with Gasteiger partial charge in [-0.2, -0.15) is 0 Å². The lowest BCUT2D eigenvalue weighted by molar-refractivity contribution is 0.411. The van der Waals surface area contributed by atoms with Gasteiger partial charge in [0.25, 0.3) is 0 Å². The molecule has 2 atom stereocenters. The molecule has 0 radical (unpaired) electrons. The number of aliphatic imine (C=N–C) groups is 1. The van der Waals surface area contributed by atoms with Crippen LogP contribution in [0, 0.1) is 0 Å². The SMILES string of the molecule is c1ccc(C2=NC(c3ccc4ccc5ccccc5c4c3)NC(c3ccc(-c4ccc5sc6ccccc6c5c4)c4oc5cc6ccccc6cc5c34)N2)cc1. The third kappa shape index (κ3) is 4.98. The first-order chi connectivity index (χ1) is 27.7. The Hall–Kier alpha value is -6.79. The van der Waals surface area contributed by atoms with Gasteiger partial charge in [0.15, 0.2) is 0 Å². The highest BCUT2D eigenvalue weighted by molar-refractivity contribution is 7.25. The molecular formula is C51H33N3OS. The smallest absolute Gasteiger partial charge is 0.143 e. The summed E-state index contributed by atoms with van der Waals surface area (Å²) in [4.78, 5) is 5.34. The molecule has 2 N–H and O–H groups in total. The Morgan fingerprint density at radius 2 is 1.21 bits per heavy atom. The maximum Gasteiger partial charge on any atom is 0.143 e. The number of rotatable bonds is 4. The van der Waals surface area contributed by atoms with E-state index in [1.807, 2.05) is 11.3 Å². The quantitative estimate of drug-likeness (QED) is 0.177. The number of hydrogen-bond donors (Lipinski definition) is 2. The fourth-order valence-electron chi connectivity index (χ4n) is 8.77. The Morgan fingerprint density at radius 1 is 0.500 bits per heavy atom. The molecular weight excluding hydrogens is 703 g/mol. The van der Waals surface area contributed by atoms with Crippen molar-refractivity contribution in [3.8, 4) is 11.1 Å². The van der Waals surface area contributed by atoms with Crippen molar-refractivity contribution in [2.45, 2.75) is 12.3 Å². The van der Waals surface area contributed by atoms with Gasteiger partial charge in [0.05, 0.1) is 0 Å². The summed E-state index contributed by atoms with van der Waals surface area (Å²) >= 11 is 1.84. The van der Waals surface area contributed by atoms with Crippen LogP contribution in [-0.4, -0.2) is 5.84 Å². The molecule has 56 heavy (non-hydrogen) atoms. The van der Waals surface area contributed by atoms with Crippen molar-refractivity contribution in [1.82, 2.24) is 10.6 Å². The topological polar surface area (TPSA) is 49.6 Å². The molecule has 0 spiro atoms. The van der Waals surface area contributed by atoms with Crippen LogP contribution in [0.15, 0.2) is 185 Å². The predicted molar refractivity (Wildman–Crippen MR) is 236 cm³/mol. The Balaban J connectivity index is 1.07. The van der Waals surface area contributed by atoms with Crippen LogP contribution in [-0.2, 0) is 0 Å². The van der Waals surface area contributed by atoms with E-state index in [1.54, 1.807) is 0 Å². The van der Waals surface area contributed by atoms with Crippen LogP contribution in [0.1, 0.15) is 29.0 Å². The number of nitrogens with one attached hydrogen (secondary N) is 2. The van der Waals surface area contributed by atoms with Crippen molar-refractivity contribution in [1.29, 1.82) is 0 Å². The van der Waals surface area contributed by atoms with Crippen molar-refractivity contribution in [3.05, 3.63) is 193 Å². The zero-order valence-corrected chi connectivity index (χ0v) is 31.0. The van der Waals surface area contributed by atoms with Crippen LogP contribution in [0.5, 0.6) is 0 Å². The fraction of sp³-hybridized carbons (Fsp3) is 0.0392. The van der Waals surface area contributed by atoms with E-state index in [-0.39, 0.29) is 12.3 Å². The van der Waals surface area contributed by atoms with Crippen LogP contribution >= 0.6 is 11.3 Å². The van der Waals surface area contributed by atoms with E-state index >= 15 is 0 Å². The maximum atomic E-state index is 6.99. The van der Waals surface area contributed by atoms with Gasteiger partial charge in [0.2, 0.25) is 0 Å². The monoisotopic (exact) mass is 735 g/mol. The second-order valence-electron chi connectivity index (χ2n) is 14.8. The summed E-state index contributed by atoms with van der Waals surface area (Å²) in [6.07, 6.45) is -0.578. The molecule has 2 aromatic heterocycles.